The van der Waals surface area contributed by atoms with Gasteiger partial charge >= 0.3 is 0 Å². The first-order chi connectivity index (χ1) is 10.2. The van der Waals surface area contributed by atoms with Crippen LogP contribution >= 0.6 is 0 Å². The molecule has 1 aromatic rings. The molecular weight excluding hydrogens is 261 g/mol. The maximum atomic E-state index is 13.6. The molecule has 0 aromatic heterocycles. The fraction of sp³-hybridized carbons (Fsp3) is 0.632. The van der Waals surface area contributed by atoms with Gasteiger partial charge in [0.2, 0.25) is 0 Å². The minimum Gasteiger partial charge on any atom is -0.254 e. The summed E-state index contributed by atoms with van der Waals surface area (Å²) in [6, 6.07) is 5.36. The molecule has 0 unspecified atom stereocenters. The van der Waals surface area contributed by atoms with Gasteiger partial charge < -0.3 is 0 Å². The lowest BCUT2D eigenvalue weighted by atomic mass is 9.77. The summed E-state index contributed by atoms with van der Waals surface area (Å²) in [6.45, 7) is 10.4. The van der Waals surface area contributed by atoms with E-state index in [-0.39, 0.29) is 11.2 Å². The van der Waals surface area contributed by atoms with Gasteiger partial charge in [-0.05, 0) is 31.4 Å². The molecule has 0 saturated heterocycles. The maximum Gasteiger partial charge on any atom is 0.149 e. The van der Waals surface area contributed by atoms with Gasteiger partial charge in [0.15, 0.2) is 0 Å². The number of fused-ring (bicyclic) bond motifs is 2. The molecule has 1 aliphatic heterocycles. The van der Waals surface area contributed by atoms with Crippen molar-refractivity contribution in [3.63, 3.8) is 0 Å². The molecule has 1 spiro atoms. The topological polar surface area (TPSA) is 12.4 Å². The van der Waals surface area contributed by atoms with Crippen molar-refractivity contribution < 1.29 is 4.39 Å². The molecule has 2 heteroatoms. The number of halogens is 1. The molecular formula is C19H30FN. The van der Waals surface area contributed by atoms with Gasteiger partial charge in [-0.25, -0.2) is 4.39 Å². The predicted molar refractivity (Wildman–Crippen MR) is 91.2 cm³/mol. The Hall–Kier alpha value is -1.18. The Bertz CT molecular complexity index is 468. The first kappa shape index (κ1) is 17.9. The van der Waals surface area contributed by atoms with Crippen molar-refractivity contribution in [1.29, 1.82) is 0 Å². The highest BCUT2D eigenvalue weighted by Crippen LogP contribution is 2.50. The number of para-hydroxylation sites is 1. The van der Waals surface area contributed by atoms with Crippen LogP contribution in [-0.4, -0.2) is 5.71 Å². The van der Waals surface area contributed by atoms with Crippen molar-refractivity contribution in [2.75, 3.05) is 0 Å². The van der Waals surface area contributed by atoms with Gasteiger partial charge in [0, 0.05) is 11.1 Å². The fourth-order valence-electron chi connectivity index (χ4n) is 3.09. The van der Waals surface area contributed by atoms with Crippen molar-refractivity contribution in [3.05, 3.63) is 29.6 Å². The Balaban J connectivity index is 0.000000322. The lowest BCUT2D eigenvalue weighted by Gasteiger charge is -2.24. The molecule has 0 amide bonds. The standard InChI is InChI=1S/C13H14FN.C4H10.C2H6/c1-9-13(7-2-3-8-13)10-5-4-6-11(14)12(10)15-9;1-3-4-2;1-2/h4-6H,2-3,7-8H2,1H3;3-4H2,1-2H3;1-2H3. The van der Waals surface area contributed by atoms with Crippen molar-refractivity contribution in [2.24, 2.45) is 4.99 Å². The van der Waals surface area contributed by atoms with E-state index in [1.54, 1.807) is 0 Å². The number of rotatable bonds is 1. The highest BCUT2D eigenvalue weighted by atomic mass is 19.1. The first-order valence-corrected chi connectivity index (χ1v) is 8.50. The van der Waals surface area contributed by atoms with E-state index < -0.39 is 0 Å². The third kappa shape index (κ3) is 3.53. The molecule has 0 atom stereocenters. The molecule has 21 heavy (non-hydrogen) atoms. The van der Waals surface area contributed by atoms with Gasteiger partial charge in [-0.1, -0.05) is 65.5 Å². The number of nitrogens with zero attached hydrogens (tertiary/aromatic N) is 1. The summed E-state index contributed by atoms with van der Waals surface area (Å²) >= 11 is 0. The Morgan fingerprint density at radius 2 is 1.67 bits per heavy atom. The Morgan fingerprint density at radius 1 is 1.10 bits per heavy atom. The van der Waals surface area contributed by atoms with E-state index in [9.17, 15) is 4.39 Å². The molecule has 0 bridgehead atoms. The molecule has 2 aliphatic rings. The highest BCUT2D eigenvalue weighted by molar-refractivity contribution is 6.00. The second-order valence-corrected chi connectivity index (χ2v) is 5.62. The van der Waals surface area contributed by atoms with Crippen LogP contribution in [0.4, 0.5) is 10.1 Å². The minimum atomic E-state index is -0.171. The van der Waals surface area contributed by atoms with Gasteiger partial charge in [0.25, 0.3) is 0 Å². The van der Waals surface area contributed by atoms with Gasteiger partial charge in [-0.3, -0.25) is 4.99 Å². The first-order valence-electron chi connectivity index (χ1n) is 8.50. The second-order valence-electron chi connectivity index (χ2n) is 5.62. The SMILES string of the molecule is CC.CC1=Nc2c(F)cccc2C12CCCC2.CCCC. The Kier molecular flexibility index (Phi) is 7.07. The fourth-order valence-corrected chi connectivity index (χ4v) is 3.09. The lowest BCUT2D eigenvalue weighted by Crippen LogP contribution is -2.27. The monoisotopic (exact) mass is 291 g/mol. The number of benzene rings is 1. The van der Waals surface area contributed by atoms with E-state index >= 15 is 0 Å². The van der Waals surface area contributed by atoms with Crippen LogP contribution in [-0.2, 0) is 5.41 Å². The van der Waals surface area contributed by atoms with Crippen LogP contribution in [0.3, 0.4) is 0 Å². The molecule has 1 fully saturated rings. The van der Waals surface area contributed by atoms with E-state index in [1.165, 1.54) is 31.7 Å². The van der Waals surface area contributed by atoms with Crippen molar-refractivity contribution in [2.45, 2.75) is 78.6 Å². The molecule has 3 rings (SSSR count). The number of hydrogen-bond acceptors (Lipinski definition) is 1. The van der Waals surface area contributed by atoms with Crippen molar-refractivity contribution in [1.82, 2.24) is 0 Å². The van der Waals surface area contributed by atoms with Crippen molar-refractivity contribution in [3.8, 4) is 0 Å². The molecule has 1 saturated carbocycles. The van der Waals surface area contributed by atoms with Crippen LogP contribution in [0, 0.1) is 5.82 Å². The molecule has 0 radical (unpaired) electrons. The summed E-state index contributed by atoms with van der Waals surface area (Å²) in [5.41, 5.74) is 2.91. The van der Waals surface area contributed by atoms with Crippen LogP contribution in [0.15, 0.2) is 23.2 Å². The third-order valence-electron chi connectivity index (χ3n) is 4.43. The van der Waals surface area contributed by atoms with Crippen LogP contribution in [0.2, 0.25) is 0 Å². The van der Waals surface area contributed by atoms with E-state index in [0.29, 0.717) is 5.69 Å². The summed E-state index contributed by atoms with van der Waals surface area (Å²) in [7, 11) is 0. The van der Waals surface area contributed by atoms with Crippen LogP contribution in [0.25, 0.3) is 0 Å². The van der Waals surface area contributed by atoms with E-state index in [0.717, 1.165) is 24.1 Å². The van der Waals surface area contributed by atoms with E-state index in [4.69, 9.17) is 0 Å². The number of aliphatic imine (C=N–C) groups is 1. The average Bonchev–Trinajstić information content (AvgIpc) is 3.11. The quantitative estimate of drug-likeness (QED) is 0.554. The molecule has 0 N–H and O–H groups in total. The zero-order chi connectivity index (χ0) is 15.9. The summed E-state index contributed by atoms with van der Waals surface area (Å²) in [5.74, 6) is -0.171. The minimum absolute atomic E-state index is 0.0808. The molecule has 1 nitrogen and oxygen atoms in total. The van der Waals surface area contributed by atoms with Gasteiger partial charge in [0.1, 0.15) is 11.5 Å². The Labute approximate surface area is 129 Å². The third-order valence-corrected chi connectivity index (χ3v) is 4.43. The molecule has 1 aliphatic carbocycles. The van der Waals surface area contributed by atoms with Crippen LogP contribution in [0.5, 0.6) is 0 Å². The van der Waals surface area contributed by atoms with Gasteiger partial charge in [0.05, 0.1) is 0 Å². The predicted octanol–water partition coefficient (Wildman–Crippen LogP) is 6.58. The van der Waals surface area contributed by atoms with E-state index in [1.807, 2.05) is 32.9 Å². The van der Waals surface area contributed by atoms with Crippen molar-refractivity contribution >= 4 is 11.4 Å². The second kappa shape index (κ2) is 8.31. The maximum absolute atomic E-state index is 13.6. The summed E-state index contributed by atoms with van der Waals surface area (Å²) in [6.07, 6.45) is 7.39. The number of unbranched alkanes of at least 4 members (excludes halogenated alkanes) is 1. The highest BCUT2D eigenvalue weighted by Gasteiger charge is 2.43. The average molecular weight is 291 g/mol. The number of hydrogen-bond donors (Lipinski definition) is 0. The lowest BCUT2D eigenvalue weighted by molar-refractivity contribution is 0.597. The van der Waals surface area contributed by atoms with Crippen LogP contribution in [0.1, 0.15) is 78.7 Å². The summed E-state index contributed by atoms with van der Waals surface area (Å²) in [5, 5.41) is 0. The molecule has 118 valence electrons. The Morgan fingerprint density at radius 3 is 2.19 bits per heavy atom. The zero-order valence-electron chi connectivity index (χ0n) is 14.3. The largest absolute Gasteiger partial charge is 0.254 e. The van der Waals surface area contributed by atoms with Crippen LogP contribution < -0.4 is 0 Å². The summed E-state index contributed by atoms with van der Waals surface area (Å²) < 4.78 is 13.6. The smallest absolute Gasteiger partial charge is 0.149 e. The van der Waals surface area contributed by atoms with E-state index in [2.05, 4.69) is 18.8 Å². The van der Waals surface area contributed by atoms with Gasteiger partial charge in [-0.2, -0.15) is 0 Å². The molecule has 1 heterocycles. The summed E-state index contributed by atoms with van der Waals surface area (Å²) in [4.78, 5) is 4.43. The van der Waals surface area contributed by atoms with Gasteiger partial charge in [-0.15, -0.1) is 0 Å². The molecule has 1 aromatic carbocycles. The normalized spacial score (nSPS) is 17.3. The zero-order valence-corrected chi connectivity index (χ0v) is 14.3.